The number of hydrogen-bond donors (Lipinski definition) is 1. The molecular formula is C15H23N5. The van der Waals surface area contributed by atoms with Gasteiger partial charge in [-0.1, -0.05) is 13.8 Å². The van der Waals surface area contributed by atoms with Crippen molar-refractivity contribution in [1.29, 1.82) is 0 Å². The molecule has 5 nitrogen and oxygen atoms in total. The molecule has 0 atom stereocenters. The van der Waals surface area contributed by atoms with E-state index in [1.165, 1.54) is 12.8 Å². The second kappa shape index (κ2) is 5.40. The fraction of sp³-hybridized carbons (Fsp3) is 0.600. The SMILES string of the molecule is CNC1CCN(c2nccn3nc(C(C)C)cc23)CC1. The Morgan fingerprint density at radius 2 is 2.05 bits per heavy atom. The van der Waals surface area contributed by atoms with Gasteiger partial charge < -0.3 is 10.2 Å². The Balaban J connectivity index is 1.91. The molecule has 0 unspecified atom stereocenters. The fourth-order valence-corrected chi connectivity index (χ4v) is 2.83. The van der Waals surface area contributed by atoms with Crippen LogP contribution in [0.2, 0.25) is 0 Å². The predicted octanol–water partition coefficient (Wildman–Crippen LogP) is 2.04. The number of hydrogen-bond acceptors (Lipinski definition) is 4. The highest BCUT2D eigenvalue weighted by Crippen LogP contribution is 2.25. The maximum absolute atomic E-state index is 4.64. The highest BCUT2D eigenvalue weighted by Gasteiger charge is 2.21. The Morgan fingerprint density at radius 3 is 2.70 bits per heavy atom. The van der Waals surface area contributed by atoms with Crippen molar-refractivity contribution in [3.05, 3.63) is 24.2 Å². The monoisotopic (exact) mass is 273 g/mol. The molecule has 0 aromatic carbocycles. The average molecular weight is 273 g/mol. The lowest BCUT2D eigenvalue weighted by Crippen LogP contribution is -2.41. The van der Waals surface area contributed by atoms with Crippen LogP contribution in [-0.4, -0.2) is 40.8 Å². The highest BCUT2D eigenvalue weighted by molar-refractivity contribution is 5.69. The number of nitrogens with zero attached hydrogens (tertiary/aromatic N) is 4. The van der Waals surface area contributed by atoms with E-state index >= 15 is 0 Å². The van der Waals surface area contributed by atoms with Crippen molar-refractivity contribution in [2.45, 2.75) is 38.6 Å². The summed E-state index contributed by atoms with van der Waals surface area (Å²) in [6.07, 6.45) is 6.13. The van der Waals surface area contributed by atoms with Gasteiger partial charge in [-0.15, -0.1) is 0 Å². The van der Waals surface area contributed by atoms with Crippen molar-refractivity contribution < 1.29 is 0 Å². The molecule has 1 N–H and O–H groups in total. The molecule has 0 bridgehead atoms. The topological polar surface area (TPSA) is 45.5 Å². The van der Waals surface area contributed by atoms with E-state index in [0.717, 1.165) is 30.1 Å². The number of rotatable bonds is 3. The minimum Gasteiger partial charge on any atom is -0.355 e. The van der Waals surface area contributed by atoms with Gasteiger partial charge in [0, 0.05) is 31.5 Å². The smallest absolute Gasteiger partial charge is 0.154 e. The summed E-state index contributed by atoms with van der Waals surface area (Å²) in [6.45, 7) is 6.46. The molecule has 2 aromatic rings. The quantitative estimate of drug-likeness (QED) is 0.929. The van der Waals surface area contributed by atoms with Crippen molar-refractivity contribution in [2.75, 3.05) is 25.0 Å². The second-order valence-electron chi connectivity index (χ2n) is 5.85. The van der Waals surface area contributed by atoms with Crippen LogP contribution in [0, 0.1) is 0 Å². The van der Waals surface area contributed by atoms with Crippen molar-refractivity contribution >= 4 is 11.3 Å². The summed E-state index contributed by atoms with van der Waals surface area (Å²) in [5.74, 6) is 1.51. The van der Waals surface area contributed by atoms with Crippen molar-refractivity contribution in [3.63, 3.8) is 0 Å². The van der Waals surface area contributed by atoms with Gasteiger partial charge in [0.05, 0.1) is 5.69 Å². The van der Waals surface area contributed by atoms with Crippen LogP contribution in [0.15, 0.2) is 18.5 Å². The van der Waals surface area contributed by atoms with Crippen LogP contribution in [0.4, 0.5) is 5.82 Å². The number of nitrogens with one attached hydrogen (secondary N) is 1. The van der Waals surface area contributed by atoms with Crippen LogP contribution in [0.3, 0.4) is 0 Å². The van der Waals surface area contributed by atoms with E-state index in [0.29, 0.717) is 12.0 Å². The molecule has 0 saturated carbocycles. The third-order valence-corrected chi connectivity index (χ3v) is 4.18. The van der Waals surface area contributed by atoms with E-state index in [1.54, 1.807) is 0 Å². The summed E-state index contributed by atoms with van der Waals surface area (Å²) < 4.78 is 1.96. The third kappa shape index (κ3) is 2.38. The maximum Gasteiger partial charge on any atom is 0.154 e. The number of anilines is 1. The second-order valence-corrected chi connectivity index (χ2v) is 5.85. The van der Waals surface area contributed by atoms with Gasteiger partial charge in [-0.2, -0.15) is 5.10 Å². The van der Waals surface area contributed by atoms with E-state index in [-0.39, 0.29) is 0 Å². The molecule has 0 radical (unpaired) electrons. The zero-order valence-corrected chi connectivity index (χ0v) is 12.5. The Labute approximate surface area is 120 Å². The first-order valence-electron chi connectivity index (χ1n) is 7.45. The van der Waals surface area contributed by atoms with Crippen molar-refractivity contribution in [2.24, 2.45) is 0 Å². The van der Waals surface area contributed by atoms with E-state index in [4.69, 9.17) is 0 Å². The summed E-state index contributed by atoms with van der Waals surface area (Å²) >= 11 is 0. The first-order chi connectivity index (χ1) is 9.69. The summed E-state index contributed by atoms with van der Waals surface area (Å²) in [4.78, 5) is 6.98. The molecule has 1 aliphatic rings. The van der Waals surface area contributed by atoms with Crippen molar-refractivity contribution in [1.82, 2.24) is 19.9 Å². The van der Waals surface area contributed by atoms with Gasteiger partial charge in [-0.3, -0.25) is 0 Å². The lowest BCUT2D eigenvalue weighted by atomic mass is 10.1. The Kier molecular flexibility index (Phi) is 3.61. The number of aromatic nitrogens is 3. The number of piperidine rings is 1. The molecule has 0 spiro atoms. The Morgan fingerprint density at radius 1 is 1.30 bits per heavy atom. The molecule has 0 amide bonds. The third-order valence-electron chi connectivity index (χ3n) is 4.18. The standard InChI is InChI=1S/C15H23N5/c1-11(2)13-10-14-15(17-6-9-20(14)18-13)19-7-4-12(16-3)5-8-19/h6,9-12,16H,4-5,7-8H2,1-3H3. The van der Waals surface area contributed by atoms with Crippen LogP contribution in [-0.2, 0) is 0 Å². The van der Waals surface area contributed by atoms with Crippen LogP contribution >= 0.6 is 0 Å². The van der Waals surface area contributed by atoms with Crippen molar-refractivity contribution in [3.8, 4) is 0 Å². The van der Waals surface area contributed by atoms with Crippen LogP contribution in [0.1, 0.15) is 38.3 Å². The lowest BCUT2D eigenvalue weighted by molar-refractivity contribution is 0.441. The molecule has 1 saturated heterocycles. The largest absolute Gasteiger partial charge is 0.355 e. The molecule has 20 heavy (non-hydrogen) atoms. The Hall–Kier alpha value is -1.62. The highest BCUT2D eigenvalue weighted by atomic mass is 15.3. The van der Waals surface area contributed by atoms with Crippen LogP contribution < -0.4 is 10.2 Å². The van der Waals surface area contributed by atoms with Gasteiger partial charge in [0.15, 0.2) is 5.82 Å². The zero-order valence-electron chi connectivity index (χ0n) is 12.5. The zero-order chi connectivity index (χ0) is 14.1. The summed E-state index contributed by atoms with van der Waals surface area (Å²) in [5.41, 5.74) is 2.25. The summed E-state index contributed by atoms with van der Waals surface area (Å²) in [7, 11) is 2.05. The van der Waals surface area contributed by atoms with Crippen LogP contribution in [0.25, 0.3) is 5.52 Å². The van der Waals surface area contributed by atoms with Gasteiger partial charge in [0.1, 0.15) is 5.52 Å². The Bertz CT molecular complexity index is 581. The molecule has 1 aliphatic heterocycles. The molecule has 3 rings (SSSR count). The predicted molar refractivity (Wildman–Crippen MR) is 81.4 cm³/mol. The minimum absolute atomic E-state index is 0.442. The van der Waals surface area contributed by atoms with Gasteiger partial charge in [-0.25, -0.2) is 9.50 Å². The molecule has 0 aliphatic carbocycles. The fourth-order valence-electron chi connectivity index (χ4n) is 2.83. The molecular weight excluding hydrogens is 250 g/mol. The molecule has 5 heteroatoms. The molecule has 1 fully saturated rings. The van der Waals surface area contributed by atoms with Gasteiger partial charge in [-0.05, 0) is 31.9 Å². The van der Waals surface area contributed by atoms with Gasteiger partial charge >= 0.3 is 0 Å². The first-order valence-corrected chi connectivity index (χ1v) is 7.45. The van der Waals surface area contributed by atoms with Gasteiger partial charge in [0.25, 0.3) is 0 Å². The van der Waals surface area contributed by atoms with Crippen LogP contribution in [0.5, 0.6) is 0 Å². The average Bonchev–Trinajstić information content (AvgIpc) is 2.91. The number of fused-ring (bicyclic) bond motifs is 1. The van der Waals surface area contributed by atoms with E-state index in [9.17, 15) is 0 Å². The summed E-state index contributed by atoms with van der Waals surface area (Å²) in [5, 5.41) is 8.00. The normalized spacial score (nSPS) is 17.3. The molecule has 3 heterocycles. The summed E-state index contributed by atoms with van der Waals surface area (Å²) in [6, 6.07) is 2.82. The maximum atomic E-state index is 4.64. The van der Waals surface area contributed by atoms with E-state index in [2.05, 4.69) is 40.2 Å². The lowest BCUT2D eigenvalue weighted by Gasteiger charge is -2.32. The molecule has 108 valence electrons. The van der Waals surface area contributed by atoms with Gasteiger partial charge in [0.2, 0.25) is 0 Å². The molecule has 2 aromatic heterocycles. The first kappa shape index (κ1) is 13.4. The minimum atomic E-state index is 0.442. The van der Waals surface area contributed by atoms with E-state index < -0.39 is 0 Å². The van der Waals surface area contributed by atoms with E-state index in [1.807, 2.05) is 24.0 Å².